The van der Waals surface area contributed by atoms with Crippen LogP contribution in [0, 0.1) is 13.8 Å². The minimum Gasteiger partial charge on any atom is -0.481 e. The third-order valence-electron chi connectivity index (χ3n) is 4.29. The molecule has 120 valence electrons. The van der Waals surface area contributed by atoms with Crippen molar-refractivity contribution in [2.45, 2.75) is 13.8 Å². The Balaban J connectivity index is 1.99. The first-order valence-electron chi connectivity index (χ1n) is 7.60. The van der Waals surface area contributed by atoms with Crippen LogP contribution >= 0.6 is 0 Å². The highest BCUT2D eigenvalue weighted by molar-refractivity contribution is 6.03. The molecule has 6 heteroatoms. The molecule has 6 nitrogen and oxygen atoms in total. The van der Waals surface area contributed by atoms with Gasteiger partial charge in [0.05, 0.1) is 29.7 Å². The predicted octanol–water partition coefficient (Wildman–Crippen LogP) is 3.09. The number of nitrogens with one attached hydrogen (secondary N) is 2. The third-order valence-corrected chi connectivity index (χ3v) is 4.29. The molecule has 0 aliphatic rings. The van der Waals surface area contributed by atoms with E-state index in [0.29, 0.717) is 11.3 Å². The van der Waals surface area contributed by atoms with Crippen molar-refractivity contribution in [3.63, 3.8) is 0 Å². The largest absolute Gasteiger partial charge is 0.481 e. The highest BCUT2D eigenvalue weighted by Crippen LogP contribution is 2.31. The van der Waals surface area contributed by atoms with Crippen LogP contribution in [0.25, 0.3) is 32.9 Å². The number of hydrogen-bond donors (Lipinski definition) is 2. The summed E-state index contributed by atoms with van der Waals surface area (Å²) in [4.78, 5) is 19.6. The quantitative estimate of drug-likeness (QED) is 0.594. The summed E-state index contributed by atoms with van der Waals surface area (Å²) in [5.41, 5.74) is 5.38. The van der Waals surface area contributed by atoms with Crippen molar-refractivity contribution < 1.29 is 4.74 Å². The number of nitrogens with zero attached hydrogens (tertiary/aromatic N) is 2. The lowest BCUT2D eigenvalue weighted by molar-refractivity contribution is 0.396. The molecule has 0 aliphatic heterocycles. The van der Waals surface area contributed by atoms with Crippen LogP contribution < -0.4 is 10.3 Å². The number of rotatable bonds is 2. The number of aromatic nitrogens is 4. The summed E-state index contributed by atoms with van der Waals surface area (Å²) in [6.45, 7) is 3.98. The van der Waals surface area contributed by atoms with Crippen LogP contribution in [-0.2, 0) is 0 Å². The van der Waals surface area contributed by atoms with Gasteiger partial charge < -0.3 is 9.72 Å². The molecule has 0 spiro atoms. The predicted molar refractivity (Wildman–Crippen MR) is 93.5 cm³/mol. The van der Waals surface area contributed by atoms with E-state index in [1.54, 1.807) is 13.3 Å². The van der Waals surface area contributed by atoms with E-state index in [2.05, 4.69) is 20.2 Å². The number of pyridine rings is 2. The SMILES string of the molecule is COc1cc(C)c(-c2ccc3c(c2)[nH]c(=O)c2cn[nH]c23)c(C)n1. The van der Waals surface area contributed by atoms with Gasteiger partial charge >= 0.3 is 0 Å². The molecule has 0 fully saturated rings. The highest BCUT2D eigenvalue weighted by Gasteiger charge is 2.12. The Morgan fingerprint density at radius 1 is 1.12 bits per heavy atom. The van der Waals surface area contributed by atoms with E-state index in [1.807, 2.05) is 38.1 Å². The number of H-pyrrole nitrogens is 2. The molecule has 0 saturated carbocycles. The number of aromatic amines is 2. The topological polar surface area (TPSA) is 83.7 Å². The van der Waals surface area contributed by atoms with Crippen LogP contribution in [0.3, 0.4) is 0 Å². The molecule has 0 radical (unpaired) electrons. The van der Waals surface area contributed by atoms with Crippen LogP contribution in [0.2, 0.25) is 0 Å². The first-order valence-corrected chi connectivity index (χ1v) is 7.60. The second-order valence-corrected chi connectivity index (χ2v) is 5.82. The van der Waals surface area contributed by atoms with Gasteiger partial charge in [0, 0.05) is 22.7 Å². The Morgan fingerprint density at radius 2 is 1.96 bits per heavy atom. The maximum absolute atomic E-state index is 12.2. The molecule has 0 bridgehead atoms. The molecule has 2 N–H and O–H groups in total. The van der Waals surface area contributed by atoms with Gasteiger partial charge in [-0.05, 0) is 31.0 Å². The minimum absolute atomic E-state index is 0.148. The van der Waals surface area contributed by atoms with Gasteiger partial charge in [0.15, 0.2) is 0 Å². The van der Waals surface area contributed by atoms with Crippen LogP contribution in [-0.4, -0.2) is 27.3 Å². The average molecular weight is 320 g/mol. The standard InChI is InChI=1S/C18H16N4O2/c1-9-6-15(24-3)20-10(2)16(9)11-4-5-12-14(7-11)21-18(23)13-8-19-22-17(12)13/h4-8H,1-3H3,(H,19,22)(H,21,23). The van der Waals surface area contributed by atoms with Crippen molar-refractivity contribution in [3.05, 3.63) is 52.1 Å². The Labute approximate surface area is 137 Å². The second kappa shape index (κ2) is 5.19. The molecule has 0 saturated heterocycles. The van der Waals surface area contributed by atoms with E-state index in [9.17, 15) is 4.79 Å². The van der Waals surface area contributed by atoms with Crippen LogP contribution in [0.5, 0.6) is 5.88 Å². The lowest BCUT2D eigenvalue weighted by atomic mass is 9.98. The number of aryl methyl sites for hydroxylation is 2. The van der Waals surface area contributed by atoms with Gasteiger partial charge in [-0.2, -0.15) is 5.10 Å². The molecule has 0 amide bonds. The Morgan fingerprint density at radius 3 is 2.71 bits per heavy atom. The third kappa shape index (κ3) is 2.07. The van der Waals surface area contributed by atoms with Crippen molar-refractivity contribution in [1.82, 2.24) is 20.2 Å². The maximum atomic E-state index is 12.2. The number of methoxy groups -OCH3 is 1. The molecule has 0 atom stereocenters. The molecule has 1 aromatic carbocycles. The van der Waals surface area contributed by atoms with E-state index < -0.39 is 0 Å². The van der Waals surface area contributed by atoms with Crippen LogP contribution in [0.15, 0.2) is 35.3 Å². The summed E-state index contributed by atoms with van der Waals surface area (Å²) in [6.07, 6.45) is 1.54. The normalized spacial score (nSPS) is 11.3. The molecular formula is C18H16N4O2. The molecule has 0 unspecified atom stereocenters. The first kappa shape index (κ1) is 14.4. The number of hydrogen-bond acceptors (Lipinski definition) is 4. The fourth-order valence-electron chi connectivity index (χ4n) is 3.21. The summed E-state index contributed by atoms with van der Waals surface area (Å²) < 4.78 is 5.22. The second-order valence-electron chi connectivity index (χ2n) is 5.82. The molecule has 3 aromatic heterocycles. The van der Waals surface area contributed by atoms with E-state index in [4.69, 9.17) is 4.74 Å². The van der Waals surface area contributed by atoms with Crippen LogP contribution in [0.1, 0.15) is 11.3 Å². The number of ether oxygens (including phenoxy) is 1. The van der Waals surface area contributed by atoms with E-state index in [1.165, 1.54) is 0 Å². The molecule has 3 heterocycles. The lowest BCUT2D eigenvalue weighted by Crippen LogP contribution is -2.05. The summed E-state index contributed by atoms with van der Waals surface area (Å²) in [5, 5.41) is 8.37. The van der Waals surface area contributed by atoms with E-state index >= 15 is 0 Å². The summed E-state index contributed by atoms with van der Waals surface area (Å²) in [5.74, 6) is 0.599. The summed E-state index contributed by atoms with van der Waals surface area (Å²) in [6, 6.07) is 7.91. The molecule has 4 rings (SSSR count). The van der Waals surface area contributed by atoms with Gasteiger partial charge in [-0.3, -0.25) is 9.89 Å². The molecule has 0 aliphatic carbocycles. The van der Waals surface area contributed by atoms with E-state index in [-0.39, 0.29) is 5.56 Å². The van der Waals surface area contributed by atoms with E-state index in [0.717, 1.165) is 38.8 Å². The zero-order valence-electron chi connectivity index (χ0n) is 13.6. The van der Waals surface area contributed by atoms with Crippen molar-refractivity contribution in [2.75, 3.05) is 7.11 Å². The maximum Gasteiger partial charge on any atom is 0.259 e. The van der Waals surface area contributed by atoms with Gasteiger partial charge in [-0.1, -0.05) is 12.1 Å². The molecule has 4 aromatic rings. The zero-order valence-corrected chi connectivity index (χ0v) is 13.6. The Bertz CT molecular complexity index is 1120. The number of benzene rings is 1. The average Bonchev–Trinajstić information content (AvgIpc) is 3.04. The fraction of sp³-hybridized carbons (Fsp3) is 0.167. The minimum atomic E-state index is -0.148. The van der Waals surface area contributed by atoms with Crippen molar-refractivity contribution in [2.24, 2.45) is 0 Å². The smallest absolute Gasteiger partial charge is 0.259 e. The lowest BCUT2D eigenvalue weighted by Gasteiger charge is -2.12. The Hall–Kier alpha value is -3.15. The van der Waals surface area contributed by atoms with Crippen molar-refractivity contribution in [3.8, 4) is 17.0 Å². The highest BCUT2D eigenvalue weighted by atomic mass is 16.5. The molecular weight excluding hydrogens is 304 g/mol. The van der Waals surface area contributed by atoms with Crippen LogP contribution in [0.4, 0.5) is 0 Å². The first-order chi connectivity index (χ1) is 11.6. The summed E-state index contributed by atoms with van der Waals surface area (Å²) >= 11 is 0. The van der Waals surface area contributed by atoms with Crippen molar-refractivity contribution in [1.29, 1.82) is 0 Å². The van der Waals surface area contributed by atoms with Crippen molar-refractivity contribution >= 4 is 21.8 Å². The van der Waals surface area contributed by atoms with Gasteiger partial charge in [0.25, 0.3) is 5.56 Å². The number of fused-ring (bicyclic) bond motifs is 3. The monoisotopic (exact) mass is 320 g/mol. The zero-order chi connectivity index (χ0) is 16.8. The fourth-order valence-corrected chi connectivity index (χ4v) is 3.21. The summed E-state index contributed by atoms with van der Waals surface area (Å²) in [7, 11) is 1.61. The van der Waals surface area contributed by atoms with Gasteiger partial charge in [-0.15, -0.1) is 0 Å². The van der Waals surface area contributed by atoms with Gasteiger partial charge in [-0.25, -0.2) is 4.98 Å². The van der Waals surface area contributed by atoms with Gasteiger partial charge in [0.2, 0.25) is 5.88 Å². The van der Waals surface area contributed by atoms with Gasteiger partial charge in [0.1, 0.15) is 0 Å². The Kier molecular flexibility index (Phi) is 3.13. The molecule has 24 heavy (non-hydrogen) atoms.